The predicted octanol–water partition coefficient (Wildman–Crippen LogP) is 2.68. The number of nitrogens with zero attached hydrogens (tertiary/aromatic N) is 3. The molecule has 1 N–H and O–H groups in total. The zero-order chi connectivity index (χ0) is 20.8. The zero-order valence-corrected chi connectivity index (χ0v) is 16.6. The number of anilines is 1. The summed E-state index contributed by atoms with van der Waals surface area (Å²) in [6, 6.07) is 12.4. The first-order valence-electron chi connectivity index (χ1n) is 8.93. The zero-order valence-electron chi connectivity index (χ0n) is 15.7. The van der Waals surface area contributed by atoms with Gasteiger partial charge in [-0.25, -0.2) is 17.4 Å². The number of sulfonamides is 1. The van der Waals surface area contributed by atoms with E-state index in [0.29, 0.717) is 5.69 Å². The second-order valence-electron chi connectivity index (χ2n) is 6.87. The Morgan fingerprint density at radius 3 is 2.59 bits per heavy atom. The standard InChI is InChI=1S/C20H18N4O4S/c1-13(2)24-20(26)17-8-7-14(11-18(17)29(24,27)28)19(25)22-15-5-3-6-16(12-15)23-10-4-9-21-23/h3-13H,1-2H3,(H,22,25). The number of hydrogen-bond donors (Lipinski definition) is 1. The van der Waals surface area contributed by atoms with Crippen molar-refractivity contribution in [2.75, 3.05) is 5.32 Å². The number of nitrogens with one attached hydrogen (secondary N) is 1. The third kappa shape index (κ3) is 3.19. The Kier molecular flexibility index (Phi) is 4.46. The summed E-state index contributed by atoms with van der Waals surface area (Å²) in [6.45, 7) is 3.25. The van der Waals surface area contributed by atoms with Gasteiger partial charge in [0.25, 0.3) is 21.8 Å². The molecule has 3 aromatic rings. The molecule has 8 nitrogen and oxygen atoms in total. The lowest BCUT2D eigenvalue weighted by atomic mass is 10.1. The van der Waals surface area contributed by atoms with Crippen molar-refractivity contribution in [1.29, 1.82) is 0 Å². The molecule has 0 aliphatic carbocycles. The third-order valence-electron chi connectivity index (χ3n) is 4.55. The Bertz CT molecular complexity index is 1220. The molecule has 2 aromatic carbocycles. The molecule has 148 valence electrons. The maximum Gasteiger partial charge on any atom is 0.269 e. The molecular formula is C20H18N4O4S. The van der Waals surface area contributed by atoms with Crippen LogP contribution in [0.15, 0.2) is 65.8 Å². The molecule has 0 fully saturated rings. The summed E-state index contributed by atoms with van der Waals surface area (Å²) in [4.78, 5) is 25.0. The van der Waals surface area contributed by atoms with Gasteiger partial charge in [0, 0.05) is 29.7 Å². The van der Waals surface area contributed by atoms with E-state index in [1.54, 1.807) is 55.2 Å². The molecule has 4 rings (SSSR count). The number of benzene rings is 2. The lowest BCUT2D eigenvalue weighted by molar-refractivity contribution is 0.0846. The van der Waals surface area contributed by atoms with E-state index in [2.05, 4.69) is 10.4 Å². The van der Waals surface area contributed by atoms with Crippen LogP contribution in [0.2, 0.25) is 0 Å². The summed E-state index contributed by atoms with van der Waals surface area (Å²) in [5.74, 6) is -1.05. The number of aromatic nitrogens is 2. The fraction of sp³-hybridized carbons (Fsp3) is 0.150. The van der Waals surface area contributed by atoms with Gasteiger partial charge in [-0.15, -0.1) is 0 Å². The number of fused-ring (bicyclic) bond motifs is 1. The second-order valence-corrected chi connectivity index (χ2v) is 8.65. The van der Waals surface area contributed by atoms with Crippen LogP contribution in [-0.2, 0) is 10.0 Å². The van der Waals surface area contributed by atoms with Crippen molar-refractivity contribution in [2.45, 2.75) is 24.8 Å². The average molecular weight is 410 g/mol. The Morgan fingerprint density at radius 2 is 1.90 bits per heavy atom. The summed E-state index contributed by atoms with van der Waals surface area (Å²) in [7, 11) is -3.97. The van der Waals surface area contributed by atoms with Crippen LogP contribution in [0.25, 0.3) is 5.69 Å². The quantitative estimate of drug-likeness (QED) is 0.713. The van der Waals surface area contributed by atoms with Gasteiger partial charge in [0.15, 0.2) is 0 Å². The van der Waals surface area contributed by atoms with Gasteiger partial charge in [0.05, 0.1) is 11.3 Å². The van der Waals surface area contributed by atoms with Crippen LogP contribution in [0.5, 0.6) is 0 Å². The topological polar surface area (TPSA) is 101 Å². The molecule has 2 amide bonds. The van der Waals surface area contributed by atoms with Gasteiger partial charge in [0.2, 0.25) is 0 Å². The van der Waals surface area contributed by atoms with Crippen molar-refractivity contribution in [3.8, 4) is 5.69 Å². The normalized spacial score (nSPS) is 14.9. The third-order valence-corrected chi connectivity index (χ3v) is 6.55. The van der Waals surface area contributed by atoms with Crippen molar-refractivity contribution in [2.24, 2.45) is 0 Å². The lowest BCUT2D eigenvalue weighted by Crippen LogP contribution is -2.36. The van der Waals surface area contributed by atoms with Crippen LogP contribution in [0.1, 0.15) is 34.6 Å². The highest BCUT2D eigenvalue weighted by atomic mass is 32.2. The molecule has 1 aliphatic rings. The van der Waals surface area contributed by atoms with E-state index >= 15 is 0 Å². The van der Waals surface area contributed by atoms with Gasteiger partial charge < -0.3 is 5.32 Å². The lowest BCUT2D eigenvalue weighted by Gasteiger charge is -2.18. The SMILES string of the molecule is CC(C)N1C(=O)c2ccc(C(=O)Nc3cccc(-n4cccn4)c3)cc2S1(=O)=O. The van der Waals surface area contributed by atoms with Crippen LogP contribution in [0.3, 0.4) is 0 Å². The molecule has 0 spiro atoms. The first-order chi connectivity index (χ1) is 13.8. The maximum absolute atomic E-state index is 12.7. The van der Waals surface area contributed by atoms with Gasteiger partial charge >= 0.3 is 0 Å². The van der Waals surface area contributed by atoms with Gasteiger partial charge in [0.1, 0.15) is 4.90 Å². The summed E-state index contributed by atoms with van der Waals surface area (Å²) >= 11 is 0. The molecule has 0 atom stereocenters. The van der Waals surface area contributed by atoms with Crippen molar-refractivity contribution < 1.29 is 18.0 Å². The first-order valence-corrected chi connectivity index (χ1v) is 10.4. The number of carbonyl (C=O) groups excluding carboxylic acids is 2. The minimum Gasteiger partial charge on any atom is -0.322 e. The van der Waals surface area contributed by atoms with E-state index in [1.807, 2.05) is 6.07 Å². The molecule has 29 heavy (non-hydrogen) atoms. The van der Waals surface area contributed by atoms with Crippen LogP contribution < -0.4 is 5.32 Å². The fourth-order valence-electron chi connectivity index (χ4n) is 3.25. The Morgan fingerprint density at radius 1 is 1.10 bits per heavy atom. The minimum atomic E-state index is -3.97. The summed E-state index contributed by atoms with van der Waals surface area (Å²) in [5.41, 5.74) is 1.53. The highest BCUT2D eigenvalue weighted by Gasteiger charge is 2.42. The van der Waals surface area contributed by atoms with Crippen LogP contribution in [-0.4, -0.2) is 40.4 Å². The van der Waals surface area contributed by atoms with Crippen molar-refractivity contribution >= 4 is 27.5 Å². The van der Waals surface area contributed by atoms with Crippen LogP contribution in [0, 0.1) is 0 Å². The van der Waals surface area contributed by atoms with Gasteiger partial charge in [-0.3, -0.25) is 9.59 Å². The van der Waals surface area contributed by atoms with Crippen LogP contribution in [0.4, 0.5) is 5.69 Å². The largest absolute Gasteiger partial charge is 0.322 e. The summed E-state index contributed by atoms with van der Waals surface area (Å²) < 4.78 is 27.9. The van der Waals surface area contributed by atoms with Gasteiger partial charge in [-0.05, 0) is 56.3 Å². The minimum absolute atomic E-state index is 0.0796. The maximum atomic E-state index is 12.7. The van der Waals surface area contributed by atoms with Crippen molar-refractivity contribution in [3.63, 3.8) is 0 Å². The fourth-order valence-corrected chi connectivity index (χ4v) is 5.04. The number of amides is 2. The predicted molar refractivity (Wildman–Crippen MR) is 106 cm³/mol. The molecule has 0 unspecified atom stereocenters. The molecule has 0 radical (unpaired) electrons. The summed E-state index contributed by atoms with van der Waals surface area (Å²) in [6.07, 6.45) is 3.43. The molecule has 1 aliphatic heterocycles. The molecule has 0 saturated carbocycles. The monoisotopic (exact) mass is 410 g/mol. The molecule has 0 saturated heterocycles. The average Bonchev–Trinajstić information content (AvgIpc) is 3.27. The van der Waals surface area contributed by atoms with E-state index < -0.39 is 27.9 Å². The summed E-state index contributed by atoms with van der Waals surface area (Å²) in [5, 5.41) is 6.90. The van der Waals surface area contributed by atoms with Gasteiger partial charge in [-0.2, -0.15) is 5.10 Å². The second kappa shape index (κ2) is 6.85. The van der Waals surface area contributed by atoms with Crippen LogP contribution >= 0.6 is 0 Å². The van der Waals surface area contributed by atoms with E-state index in [4.69, 9.17) is 0 Å². The van der Waals surface area contributed by atoms with Crippen molar-refractivity contribution in [3.05, 3.63) is 72.1 Å². The van der Waals surface area contributed by atoms with Gasteiger partial charge in [-0.1, -0.05) is 6.07 Å². The number of hydrogen-bond acceptors (Lipinski definition) is 5. The van der Waals surface area contributed by atoms with E-state index in [-0.39, 0.29) is 16.0 Å². The molecule has 9 heteroatoms. The van der Waals surface area contributed by atoms with E-state index in [0.717, 1.165) is 9.99 Å². The Hall–Kier alpha value is -3.46. The highest BCUT2D eigenvalue weighted by Crippen LogP contribution is 2.32. The van der Waals surface area contributed by atoms with Crippen molar-refractivity contribution in [1.82, 2.24) is 14.1 Å². The Balaban J connectivity index is 1.63. The van der Waals surface area contributed by atoms with E-state index in [1.165, 1.54) is 18.2 Å². The highest BCUT2D eigenvalue weighted by molar-refractivity contribution is 7.90. The molecule has 2 heterocycles. The number of rotatable bonds is 4. The Labute approximate surface area is 167 Å². The first kappa shape index (κ1) is 18.9. The number of carbonyl (C=O) groups is 2. The molecule has 0 bridgehead atoms. The molecule has 1 aromatic heterocycles. The van der Waals surface area contributed by atoms with E-state index in [9.17, 15) is 18.0 Å². The smallest absolute Gasteiger partial charge is 0.269 e. The molecular weight excluding hydrogens is 392 g/mol.